The Balaban J connectivity index is 2.01. The van der Waals surface area contributed by atoms with Crippen molar-refractivity contribution in [2.75, 3.05) is 0 Å². The van der Waals surface area contributed by atoms with Gasteiger partial charge in [0.05, 0.1) is 11.0 Å². The number of hydrogen-bond acceptors (Lipinski definition) is 3. The number of nitrogens with one attached hydrogen (secondary N) is 1. The summed E-state index contributed by atoms with van der Waals surface area (Å²) in [4.78, 5) is 19.3. The third-order valence-electron chi connectivity index (χ3n) is 3.52. The van der Waals surface area contributed by atoms with Gasteiger partial charge in [-0.25, -0.2) is 4.98 Å². The Morgan fingerprint density at radius 3 is 2.90 bits per heavy atom. The van der Waals surface area contributed by atoms with Gasteiger partial charge < -0.3 is 0 Å². The van der Waals surface area contributed by atoms with E-state index in [0.29, 0.717) is 16.1 Å². The van der Waals surface area contributed by atoms with E-state index in [0.717, 1.165) is 29.4 Å². The third-order valence-corrected chi connectivity index (χ3v) is 3.77. The third kappa shape index (κ3) is 2.06. The highest BCUT2D eigenvalue weighted by Gasteiger charge is 2.10. The fourth-order valence-corrected chi connectivity index (χ4v) is 2.61. The second kappa shape index (κ2) is 4.56. The molecule has 0 atom stereocenters. The first-order valence-corrected chi connectivity index (χ1v) is 7.04. The van der Waals surface area contributed by atoms with Crippen molar-refractivity contribution in [3.05, 3.63) is 61.6 Å². The minimum atomic E-state index is -0.200. The Morgan fingerprint density at radius 2 is 2.10 bits per heavy atom. The van der Waals surface area contributed by atoms with E-state index in [1.165, 1.54) is 0 Å². The number of fused-ring (bicyclic) bond motifs is 2. The molecule has 0 amide bonds. The van der Waals surface area contributed by atoms with Crippen LogP contribution in [0.4, 0.5) is 0 Å². The van der Waals surface area contributed by atoms with Gasteiger partial charge in [-0.15, -0.1) is 0 Å². The van der Waals surface area contributed by atoms with Gasteiger partial charge in [-0.1, -0.05) is 29.8 Å². The highest BCUT2D eigenvalue weighted by Crippen LogP contribution is 2.09. The van der Waals surface area contributed by atoms with Crippen molar-refractivity contribution in [3.8, 4) is 0 Å². The summed E-state index contributed by atoms with van der Waals surface area (Å²) in [7, 11) is 0. The van der Waals surface area contributed by atoms with Crippen molar-refractivity contribution in [3.63, 3.8) is 0 Å². The largest absolute Gasteiger partial charge is 0.289 e. The summed E-state index contributed by atoms with van der Waals surface area (Å²) in [6.45, 7) is 0. The van der Waals surface area contributed by atoms with E-state index in [-0.39, 0.29) is 5.56 Å². The van der Waals surface area contributed by atoms with Crippen LogP contribution < -0.4 is 16.3 Å². The molecular formula is C15H11ClN4O. The van der Waals surface area contributed by atoms with Crippen LogP contribution in [-0.4, -0.2) is 19.6 Å². The van der Waals surface area contributed by atoms with Gasteiger partial charge in [-0.05, 0) is 36.6 Å². The number of benzene rings is 1. The van der Waals surface area contributed by atoms with Crippen molar-refractivity contribution in [2.45, 2.75) is 12.8 Å². The number of halogens is 1. The monoisotopic (exact) mass is 298 g/mol. The number of hydrogen-bond donors (Lipinski definition) is 1. The molecule has 21 heavy (non-hydrogen) atoms. The van der Waals surface area contributed by atoms with E-state index >= 15 is 0 Å². The van der Waals surface area contributed by atoms with Crippen molar-refractivity contribution in [2.24, 2.45) is 0 Å². The molecule has 5 nitrogen and oxygen atoms in total. The van der Waals surface area contributed by atoms with E-state index < -0.39 is 0 Å². The van der Waals surface area contributed by atoms with Crippen LogP contribution in [0.15, 0.2) is 29.1 Å². The molecular weight excluding hydrogens is 288 g/mol. The van der Waals surface area contributed by atoms with Crippen LogP contribution in [0.3, 0.4) is 0 Å². The van der Waals surface area contributed by atoms with Gasteiger partial charge in [0.25, 0.3) is 5.56 Å². The van der Waals surface area contributed by atoms with E-state index in [1.54, 1.807) is 22.7 Å². The smallest absolute Gasteiger partial charge is 0.276 e. The summed E-state index contributed by atoms with van der Waals surface area (Å²) in [6.07, 6.45) is 5.63. The number of aryl methyl sites for hydroxylation is 1. The van der Waals surface area contributed by atoms with Crippen molar-refractivity contribution in [1.82, 2.24) is 19.6 Å². The van der Waals surface area contributed by atoms with Gasteiger partial charge in [-0.3, -0.25) is 9.78 Å². The predicted octanol–water partition coefficient (Wildman–Crippen LogP) is 0.626. The summed E-state index contributed by atoms with van der Waals surface area (Å²) in [5.41, 5.74) is 1.62. The van der Waals surface area contributed by atoms with E-state index in [4.69, 9.17) is 11.6 Å². The number of H-pyrrole nitrogens is 1. The molecule has 3 aromatic rings. The normalized spacial score (nSPS) is 14.4. The zero-order valence-corrected chi connectivity index (χ0v) is 11.8. The highest BCUT2D eigenvalue weighted by atomic mass is 35.5. The Bertz CT molecular complexity index is 1010. The van der Waals surface area contributed by atoms with Crippen molar-refractivity contribution in [1.29, 1.82) is 0 Å². The molecule has 1 aliphatic rings. The van der Waals surface area contributed by atoms with Gasteiger partial charge in [0, 0.05) is 5.02 Å². The maximum Gasteiger partial charge on any atom is 0.276 e. The molecule has 0 spiro atoms. The lowest BCUT2D eigenvalue weighted by molar-refractivity contribution is 0.808. The van der Waals surface area contributed by atoms with Gasteiger partial charge in [0.1, 0.15) is 5.35 Å². The van der Waals surface area contributed by atoms with Crippen molar-refractivity contribution < 1.29 is 0 Å². The fourth-order valence-electron chi connectivity index (χ4n) is 2.49. The maximum absolute atomic E-state index is 12.1. The molecule has 4 rings (SSSR count). The summed E-state index contributed by atoms with van der Waals surface area (Å²) in [5.74, 6) is 0.470. The lowest BCUT2D eigenvalue weighted by Gasteiger charge is -1.96. The standard InChI is InChI=1S/C15H11ClN4O/c16-10-6-4-9(5-7-10)8-13-14(21)18-15-17-11-2-1-3-12(11)19-20(13)15/h2,4-8H,1,3H2,(H,17,18,21)/b13-8-. The average Bonchev–Trinajstić information content (AvgIpc) is 3.03. The molecule has 0 aliphatic heterocycles. The molecule has 0 unspecified atom stereocenters. The first-order chi connectivity index (χ1) is 10.2. The molecule has 0 saturated carbocycles. The lowest BCUT2D eigenvalue weighted by Crippen LogP contribution is -2.28. The SMILES string of the molecule is O=c1[nH]c2nc3c(nn2/c1=C\c1ccc(Cl)cc1)CCC=3. The van der Waals surface area contributed by atoms with Gasteiger partial charge in [0.15, 0.2) is 0 Å². The van der Waals surface area contributed by atoms with Crippen LogP contribution in [0.2, 0.25) is 5.02 Å². The minimum absolute atomic E-state index is 0.200. The van der Waals surface area contributed by atoms with Gasteiger partial charge in [0.2, 0.25) is 5.78 Å². The Labute approximate surface area is 124 Å². The van der Waals surface area contributed by atoms with Crippen LogP contribution in [0.5, 0.6) is 0 Å². The fraction of sp³-hybridized carbons (Fsp3) is 0.133. The van der Waals surface area contributed by atoms with Crippen molar-refractivity contribution >= 4 is 29.5 Å². The first kappa shape index (κ1) is 12.3. The predicted molar refractivity (Wildman–Crippen MR) is 80.7 cm³/mol. The number of aromatic nitrogens is 4. The first-order valence-electron chi connectivity index (χ1n) is 6.66. The Kier molecular flexibility index (Phi) is 2.68. The zero-order chi connectivity index (χ0) is 14.4. The Morgan fingerprint density at radius 1 is 1.29 bits per heavy atom. The molecule has 1 aromatic carbocycles. The van der Waals surface area contributed by atoms with E-state index in [2.05, 4.69) is 15.1 Å². The second-order valence-corrected chi connectivity index (χ2v) is 5.39. The molecule has 6 heteroatoms. The molecule has 1 aliphatic carbocycles. The van der Waals surface area contributed by atoms with Crippen LogP contribution in [0.25, 0.3) is 17.9 Å². The molecule has 0 saturated heterocycles. The molecule has 0 radical (unpaired) electrons. The molecule has 104 valence electrons. The summed E-state index contributed by atoms with van der Waals surface area (Å²) < 4.78 is 1.58. The maximum atomic E-state index is 12.1. The summed E-state index contributed by atoms with van der Waals surface area (Å²) >= 11 is 5.87. The van der Waals surface area contributed by atoms with Gasteiger partial charge in [-0.2, -0.15) is 9.61 Å². The Hall–Kier alpha value is -2.40. The number of nitrogens with zero attached hydrogens (tertiary/aromatic N) is 3. The van der Waals surface area contributed by atoms with Crippen LogP contribution in [-0.2, 0) is 6.42 Å². The molecule has 2 aromatic heterocycles. The number of aromatic amines is 1. The number of imidazole rings is 1. The van der Waals surface area contributed by atoms with Crippen LogP contribution in [0, 0.1) is 0 Å². The lowest BCUT2D eigenvalue weighted by atomic mass is 10.2. The second-order valence-electron chi connectivity index (χ2n) is 4.96. The summed E-state index contributed by atoms with van der Waals surface area (Å²) in [6, 6.07) is 7.29. The minimum Gasteiger partial charge on any atom is -0.289 e. The molecule has 2 heterocycles. The quantitative estimate of drug-likeness (QED) is 0.716. The van der Waals surface area contributed by atoms with Gasteiger partial charge >= 0.3 is 0 Å². The molecule has 0 bridgehead atoms. The topological polar surface area (TPSA) is 63.0 Å². The summed E-state index contributed by atoms with van der Waals surface area (Å²) in [5, 5.41) is 6.52. The van der Waals surface area contributed by atoms with E-state index in [9.17, 15) is 4.79 Å². The molecule has 0 fully saturated rings. The molecule has 1 N–H and O–H groups in total. The zero-order valence-electron chi connectivity index (χ0n) is 11.0. The van der Waals surface area contributed by atoms with Crippen LogP contribution in [0.1, 0.15) is 17.7 Å². The van der Waals surface area contributed by atoms with Crippen LogP contribution >= 0.6 is 11.6 Å². The number of rotatable bonds is 1. The average molecular weight is 299 g/mol. The highest BCUT2D eigenvalue weighted by molar-refractivity contribution is 6.30. The van der Waals surface area contributed by atoms with E-state index in [1.807, 2.05) is 18.2 Å².